The Bertz CT molecular complexity index is 724. The summed E-state index contributed by atoms with van der Waals surface area (Å²) in [6.45, 7) is 3.83. The second-order valence-electron chi connectivity index (χ2n) is 4.75. The van der Waals surface area contributed by atoms with Crippen LogP contribution in [0.15, 0.2) is 35.6 Å². The summed E-state index contributed by atoms with van der Waals surface area (Å²) in [4.78, 5) is 3.80. The smallest absolute Gasteiger partial charge is 0.282 e. The third-order valence-electron chi connectivity index (χ3n) is 2.57. The summed E-state index contributed by atoms with van der Waals surface area (Å²) in [5, 5.41) is -0.142. The third-order valence-corrected chi connectivity index (χ3v) is 4.44. The lowest BCUT2D eigenvalue weighted by Gasteiger charge is -2.11. The van der Waals surface area contributed by atoms with E-state index in [2.05, 4.69) is 9.71 Å². The van der Waals surface area contributed by atoms with E-state index in [1.807, 2.05) is 13.8 Å². The minimum Gasteiger partial charge on any atom is -0.491 e. The number of anilines is 1. The normalized spacial score (nSPS) is 11.7. The fraction of sp³-hybridized carbons (Fsp3) is 0.308. The van der Waals surface area contributed by atoms with Gasteiger partial charge in [-0.1, -0.05) is 11.6 Å². The number of sulfonamides is 1. The monoisotopic (exact) mass is 329 g/mol. The van der Waals surface area contributed by atoms with Crippen molar-refractivity contribution in [2.75, 3.05) is 4.72 Å². The van der Waals surface area contributed by atoms with E-state index in [1.165, 1.54) is 10.9 Å². The van der Waals surface area contributed by atoms with Crippen LogP contribution < -0.4 is 9.46 Å². The number of ether oxygens (including phenoxy) is 1. The molecule has 0 radical (unpaired) electrons. The lowest BCUT2D eigenvalue weighted by atomic mass is 10.3. The van der Waals surface area contributed by atoms with Gasteiger partial charge in [0.2, 0.25) is 5.03 Å². The summed E-state index contributed by atoms with van der Waals surface area (Å²) in [5.74, 6) is 0.670. The van der Waals surface area contributed by atoms with Gasteiger partial charge in [-0.15, -0.1) is 0 Å². The topological polar surface area (TPSA) is 73.2 Å². The molecule has 0 saturated carbocycles. The second-order valence-corrected chi connectivity index (χ2v) is 6.70. The largest absolute Gasteiger partial charge is 0.491 e. The summed E-state index contributed by atoms with van der Waals surface area (Å²) in [7, 11) is -2.20. The fourth-order valence-electron chi connectivity index (χ4n) is 1.65. The molecule has 1 aromatic carbocycles. The van der Waals surface area contributed by atoms with Crippen LogP contribution in [0.25, 0.3) is 0 Å². The minimum atomic E-state index is -3.81. The summed E-state index contributed by atoms with van der Waals surface area (Å²) < 4.78 is 33.7. The molecule has 1 N–H and O–H groups in total. The zero-order valence-electron chi connectivity index (χ0n) is 11.9. The highest BCUT2D eigenvalue weighted by Gasteiger charge is 2.22. The maximum absolute atomic E-state index is 12.2. The summed E-state index contributed by atoms with van der Waals surface area (Å²) in [6.07, 6.45) is 1.40. The van der Waals surface area contributed by atoms with Crippen molar-refractivity contribution in [3.05, 3.63) is 35.7 Å². The van der Waals surface area contributed by atoms with Crippen molar-refractivity contribution in [3.8, 4) is 5.75 Å². The number of hydrogen-bond acceptors (Lipinski definition) is 4. The molecule has 0 fully saturated rings. The van der Waals surface area contributed by atoms with Crippen LogP contribution in [0.4, 0.5) is 5.69 Å². The van der Waals surface area contributed by atoms with Crippen LogP contribution in [0.2, 0.25) is 5.15 Å². The molecule has 0 spiro atoms. The molecule has 0 amide bonds. The van der Waals surface area contributed by atoms with Crippen molar-refractivity contribution >= 4 is 27.3 Å². The van der Waals surface area contributed by atoms with Crippen LogP contribution in [0.1, 0.15) is 13.8 Å². The predicted molar refractivity (Wildman–Crippen MR) is 81.2 cm³/mol. The van der Waals surface area contributed by atoms with Gasteiger partial charge >= 0.3 is 0 Å². The average Bonchev–Trinajstić information content (AvgIpc) is 2.72. The molecular formula is C13H16ClN3O3S. The highest BCUT2D eigenvalue weighted by molar-refractivity contribution is 7.92. The van der Waals surface area contributed by atoms with Gasteiger partial charge in [-0.2, -0.15) is 8.42 Å². The average molecular weight is 330 g/mol. The van der Waals surface area contributed by atoms with Crippen molar-refractivity contribution in [2.24, 2.45) is 7.05 Å². The Morgan fingerprint density at radius 3 is 2.38 bits per heavy atom. The zero-order valence-corrected chi connectivity index (χ0v) is 13.4. The van der Waals surface area contributed by atoms with E-state index in [4.69, 9.17) is 16.3 Å². The summed E-state index contributed by atoms with van der Waals surface area (Å²) >= 11 is 5.90. The number of benzene rings is 1. The SMILES string of the molecule is CC(C)Oc1ccc(NS(=O)(=O)c2ncn(C)c2Cl)cc1. The number of rotatable bonds is 5. The van der Waals surface area contributed by atoms with Gasteiger partial charge in [0.1, 0.15) is 10.9 Å². The van der Waals surface area contributed by atoms with E-state index in [0.717, 1.165) is 0 Å². The summed E-state index contributed by atoms with van der Waals surface area (Å²) in [5.41, 5.74) is 0.410. The molecule has 0 aliphatic heterocycles. The Morgan fingerprint density at radius 2 is 1.90 bits per heavy atom. The second kappa shape index (κ2) is 5.95. The first-order valence-electron chi connectivity index (χ1n) is 6.26. The fourth-order valence-corrected chi connectivity index (χ4v) is 3.14. The Morgan fingerprint density at radius 1 is 1.29 bits per heavy atom. The lowest BCUT2D eigenvalue weighted by Crippen LogP contribution is -2.14. The van der Waals surface area contributed by atoms with Gasteiger partial charge in [0.15, 0.2) is 0 Å². The minimum absolute atomic E-state index is 0.0554. The lowest BCUT2D eigenvalue weighted by molar-refractivity contribution is 0.242. The van der Waals surface area contributed by atoms with Crippen LogP contribution in [0.3, 0.4) is 0 Å². The van der Waals surface area contributed by atoms with E-state index < -0.39 is 10.0 Å². The quantitative estimate of drug-likeness (QED) is 0.915. The molecular weight excluding hydrogens is 314 g/mol. The van der Waals surface area contributed by atoms with E-state index in [-0.39, 0.29) is 16.3 Å². The molecule has 0 atom stereocenters. The molecule has 0 bridgehead atoms. The number of aryl methyl sites for hydroxylation is 1. The van der Waals surface area contributed by atoms with Gasteiger partial charge in [0, 0.05) is 12.7 Å². The van der Waals surface area contributed by atoms with Crippen LogP contribution in [0.5, 0.6) is 5.75 Å². The Kier molecular flexibility index (Phi) is 4.43. The predicted octanol–water partition coefficient (Wildman–Crippen LogP) is 2.66. The van der Waals surface area contributed by atoms with E-state index in [1.54, 1.807) is 31.3 Å². The van der Waals surface area contributed by atoms with Crippen LogP contribution in [-0.2, 0) is 17.1 Å². The molecule has 8 heteroatoms. The van der Waals surface area contributed by atoms with Crippen molar-refractivity contribution in [1.29, 1.82) is 0 Å². The maximum atomic E-state index is 12.2. The molecule has 21 heavy (non-hydrogen) atoms. The maximum Gasteiger partial charge on any atom is 0.282 e. The highest BCUT2D eigenvalue weighted by Crippen LogP contribution is 2.23. The number of imidazole rings is 1. The molecule has 0 aliphatic carbocycles. The van der Waals surface area contributed by atoms with Gasteiger partial charge in [-0.3, -0.25) is 4.72 Å². The molecule has 114 valence electrons. The van der Waals surface area contributed by atoms with Gasteiger partial charge < -0.3 is 9.30 Å². The zero-order chi connectivity index (χ0) is 15.6. The first kappa shape index (κ1) is 15.7. The van der Waals surface area contributed by atoms with Gasteiger partial charge in [-0.05, 0) is 38.1 Å². The van der Waals surface area contributed by atoms with E-state index in [0.29, 0.717) is 11.4 Å². The molecule has 1 aromatic heterocycles. The van der Waals surface area contributed by atoms with Crippen molar-refractivity contribution in [1.82, 2.24) is 9.55 Å². The van der Waals surface area contributed by atoms with Gasteiger partial charge in [0.25, 0.3) is 10.0 Å². The molecule has 2 aromatic rings. The highest BCUT2D eigenvalue weighted by atomic mass is 35.5. The Balaban J connectivity index is 2.19. The summed E-state index contributed by atoms with van der Waals surface area (Å²) in [6, 6.07) is 6.62. The van der Waals surface area contributed by atoms with Crippen LogP contribution in [-0.4, -0.2) is 24.1 Å². The number of nitrogens with one attached hydrogen (secondary N) is 1. The standard InChI is InChI=1S/C13H16ClN3O3S/c1-9(2)20-11-6-4-10(5-7-11)16-21(18,19)13-12(14)17(3)8-15-13/h4-9,16H,1-3H3. The Hall–Kier alpha value is -1.73. The van der Waals surface area contributed by atoms with Crippen molar-refractivity contribution in [3.63, 3.8) is 0 Å². The van der Waals surface area contributed by atoms with Crippen LogP contribution >= 0.6 is 11.6 Å². The Labute approximate surface area is 128 Å². The van der Waals surface area contributed by atoms with Gasteiger partial charge in [-0.25, -0.2) is 4.98 Å². The number of hydrogen-bond donors (Lipinski definition) is 1. The van der Waals surface area contributed by atoms with E-state index >= 15 is 0 Å². The van der Waals surface area contributed by atoms with E-state index in [9.17, 15) is 8.42 Å². The van der Waals surface area contributed by atoms with Crippen molar-refractivity contribution < 1.29 is 13.2 Å². The number of nitrogens with zero attached hydrogens (tertiary/aromatic N) is 2. The number of halogens is 1. The molecule has 0 unspecified atom stereocenters. The molecule has 6 nitrogen and oxygen atoms in total. The molecule has 1 heterocycles. The van der Waals surface area contributed by atoms with Crippen LogP contribution in [0, 0.1) is 0 Å². The number of aromatic nitrogens is 2. The third kappa shape index (κ3) is 3.68. The molecule has 2 rings (SSSR count). The molecule has 0 aliphatic rings. The van der Waals surface area contributed by atoms with Crippen molar-refractivity contribution in [2.45, 2.75) is 25.0 Å². The first-order chi connectivity index (χ1) is 9.79. The first-order valence-corrected chi connectivity index (χ1v) is 8.12. The van der Waals surface area contributed by atoms with Gasteiger partial charge in [0.05, 0.1) is 12.4 Å². The molecule has 0 saturated heterocycles.